The maximum Gasteiger partial charge on any atom is 0.410 e. The number of rotatable bonds is 6. The van der Waals surface area contributed by atoms with Crippen molar-refractivity contribution < 1.29 is 28.7 Å². The van der Waals surface area contributed by atoms with Crippen LogP contribution in [0.5, 0.6) is 0 Å². The van der Waals surface area contributed by atoms with E-state index in [1.165, 1.54) is 0 Å². The van der Waals surface area contributed by atoms with E-state index in [9.17, 15) is 14.2 Å². The van der Waals surface area contributed by atoms with E-state index in [1.807, 2.05) is 6.07 Å². The van der Waals surface area contributed by atoms with Gasteiger partial charge in [-0.3, -0.25) is 9.36 Å². The van der Waals surface area contributed by atoms with E-state index in [0.717, 1.165) is 5.56 Å². The number of nitrogens with one attached hydrogen (secondary N) is 1. The Morgan fingerprint density at radius 3 is 2.35 bits per heavy atom. The molecule has 1 aliphatic rings. The monoisotopic (exact) mass is 466 g/mol. The molecule has 3 rings (SSSR count). The number of anilines is 1. The van der Waals surface area contributed by atoms with Crippen LogP contribution in [0.25, 0.3) is 0 Å². The maximum absolute atomic E-state index is 12.5. The van der Waals surface area contributed by atoms with Crippen molar-refractivity contribution in [3.8, 4) is 0 Å². The van der Waals surface area contributed by atoms with Gasteiger partial charge in [-0.2, -0.15) is 0 Å². The number of ether oxygens (including phenoxy) is 1. The van der Waals surface area contributed by atoms with Crippen LogP contribution in [0, 0.1) is 5.92 Å². The number of halogens is 1. The van der Waals surface area contributed by atoms with Crippen molar-refractivity contribution in [2.45, 2.75) is 25.6 Å². The molecule has 0 spiro atoms. The average Bonchev–Trinajstić information content (AvgIpc) is 2.73. The molecule has 10 heteroatoms. The zero-order chi connectivity index (χ0) is 22.4. The highest BCUT2D eigenvalue weighted by Crippen LogP contribution is 2.39. The number of benzene rings is 2. The van der Waals surface area contributed by atoms with Gasteiger partial charge < -0.3 is 24.7 Å². The fraction of sp³-hybridized carbons (Fsp3) is 0.333. The van der Waals surface area contributed by atoms with Crippen LogP contribution >= 0.6 is 19.2 Å². The van der Waals surface area contributed by atoms with Gasteiger partial charge in [0.2, 0.25) is 5.91 Å². The van der Waals surface area contributed by atoms with Crippen LogP contribution in [0.15, 0.2) is 48.5 Å². The predicted molar refractivity (Wildman–Crippen MR) is 117 cm³/mol. The van der Waals surface area contributed by atoms with Crippen LogP contribution in [0.1, 0.15) is 24.0 Å². The fourth-order valence-corrected chi connectivity index (χ4v) is 4.22. The Bertz CT molecular complexity index is 970. The fourth-order valence-electron chi connectivity index (χ4n) is 3.35. The molecule has 0 aliphatic carbocycles. The molecule has 0 aromatic heterocycles. The summed E-state index contributed by atoms with van der Waals surface area (Å²) in [7, 11) is -4.13. The number of hydrogen-bond donors (Lipinski definition) is 3. The first-order chi connectivity index (χ1) is 14.7. The number of piperidine rings is 1. The molecule has 2 amide bonds. The third kappa shape index (κ3) is 7.08. The van der Waals surface area contributed by atoms with Crippen LogP contribution in [-0.4, -0.2) is 39.8 Å². The lowest BCUT2D eigenvalue weighted by atomic mass is 9.96. The van der Waals surface area contributed by atoms with Crippen molar-refractivity contribution in [2.75, 3.05) is 18.4 Å². The standard InChI is InChI=1S/C21H24ClN2O6P/c22-19-4-2-1-3-17(19)13-30-21(26)24-11-9-16(10-12-24)20(25)23-18-7-5-15(6-8-18)14-31(27,28)29/h1-8,16H,9-14H2,(H,23,25)(H2,27,28,29). The van der Waals surface area contributed by atoms with E-state index in [4.69, 9.17) is 26.1 Å². The second-order valence-electron chi connectivity index (χ2n) is 7.42. The van der Waals surface area contributed by atoms with E-state index in [0.29, 0.717) is 42.2 Å². The molecule has 8 nitrogen and oxygen atoms in total. The molecular formula is C21H24ClN2O6P. The molecule has 0 unspecified atom stereocenters. The van der Waals surface area contributed by atoms with Crippen molar-refractivity contribution >= 4 is 36.9 Å². The van der Waals surface area contributed by atoms with Crippen molar-refractivity contribution in [3.63, 3.8) is 0 Å². The number of likely N-dealkylation sites (tertiary alicyclic amines) is 1. The van der Waals surface area contributed by atoms with Crippen molar-refractivity contribution in [1.82, 2.24) is 4.90 Å². The van der Waals surface area contributed by atoms with Gasteiger partial charge in [0.1, 0.15) is 6.61 Å². The molecule has 2 aromatic carbocycles. The Morgan fingerprint density at radius 2 is 1.74 bits per heavy atom. The summed E-state index contributed by atoms with van der Waals surface area (Å²) in [5.41, 5.74) is 1.79. The van der Waals surface area contributed by atoms with Gasteiger partial charge in [0, 0.05) is 35.3 Å². The Hall–Kier alpha value is -2.38. The molecule has 0 atom stereocenters. The molecule has 1 saturated heterocycles. The van der Waals surface area contributed by atoms with E-state index in [1.54, 1.807) is 47.4 Å². The third-order valence-corrected chi connectivity index (χ3v) is 6.19. The topological polar surface area (TPSA) is 116 Å². The van der Waals surface area contributed by atoms with Crippen LogP contribution in [-0.2, 0) is 26.9 Å². The van der Waals surface area contributed by atoms with Gasteiger partial charge >= 0.3 is 13.7 Å². The summed E-state index contributed by atoms with van der Waals surface area (Å²) in [4.78, 5) is 44.4. The molecule has 0 saturated carbocycles. The second kappa shape index (κ2) is 10.3. The third-order valence-electron chi connectivity index (χ3n) is 5.04. The summed E-state index contributed by atoms with van der Waals surface area (Å²) in [6.45, 7) is 0.929. The molecular weight excluding hydrogens is 443 g/mol. The number of amides is 2. The summed E-state index contributed by atoms with van der Waals surface area (Å²) >= 11 is 6.07. The predicted octanol–water partition coefficient (Wildman–Crippen LogP) is 4.01. The molecule has 3 N–H and O–H groups in total. The summed E-state index contributed by atoms with van der Waals surface area (Å²) in [6, 6.07) is 13.5. The number of carbonyl (C=O) groups is 2. The van der Waals surface area contributed by atoms with Gasteiger partial charge in [-0.05, 0) is 36.6 Å². The highest BCUT2D eigenvalue weighted by molar-refractivity contribution is 7.50. The first kappa shape index (κ1) is 23.3. The van der Waals surface area contributed by atoms with E-state index < -0.39 is 13.7 Å². The molecule has 0 radical (unpaired) electrons. The quantitative estimate of drug-likeness (QED) is 0.554. The molecule has 1 heterocycles. The first-order valence-electron chi connectivity index (χ1n) is 9.81. The van der Waals surface area contributed by atoms with E-state index in [2.05, 4.69) is 5.32 Å². The van der Waals surface area contributed by atoms with Crippen LogP contribution < -0.4 is 5.32 Å². The summed E-state index contributed by atoms with van der Waals surface area (Å²) in [5, 5.41) is 3.36. The minimum absolute atomic E-state index is 0.0942. The van der Waals surface area contributed by atoms with Gasteiger partial charge in [-0.1, -0.05) is 41.9 Å². The first-order valence-corrected chi connectivity index (χ1v) is 12.0. The average molecular weight is 467 g/mol. The van der Waals surface area contributed by atoms with Crippen molar-refractivity contribution in [3.05, 3.63) is 64.7 Å². The minimum atomic E-state index is -4.13. The molecule has 0 bridgehead atoms. The van der Waals surface area contributed by atoms with Crippen molar-refractivity contribution in [2.24, 2.45) is 5.92 Å². The van der Waals surface area contributed by atoms with Gasteiger partial charge in [0.25, 0.3) is 0 Å². The van der Waals surface area contributed by atoms with Crippen LogP contribution in [0.4, 0.5) is 10.5 Å². The Kier molecular flexibility index (Phi) is 7.73. The normalized spacial score (nSPS) is 14.9. The Labute approximate surface area is 185 Å². The number of hydrogen-bond acceptors (Lipinski definition) is 4. The Balaban J connectivity index is 1.44. The van der Waals surface area contributed by atoms with E-state index >= 15 is 0 Å². The number of carbonyl (C=O) groups excluding carboxylic acids is 2. The SMILES string of the molecule is O=C(Nc1ccc(CP(=O)(O)O)cc1)C1CCN(C(=O)OCc2ccccc2Cl)CC1. The summed E-state index contributed by atoms with van der Waals surface area (Å²) in [6.07, 6.45) is 0.262. The van der Waals surface area contributed by atoms with Gasteiger partial charge in [-0.15, -0.1) is 0 Å². The van der Waals surface area contributed by atoms with Gasteiger partial charge in [0.05, 0.1) is 6.16 Å². The van der Waals surface area contributed by atoms with E-state index in [-0.39, 0.29) is 24.6 Å². The molecule has 31 heavy (non-hydrogen) atoms. The Morgan fingerprint density at radius 1 is 1.10 bits per heavy atom. The molecule has 166 valence electrons. The lowest BCUT2D eigenvalue weighted by Crippen LogP contribution is -2.41. The second-order valence-corrected chi connectivity index (χ2v) is 9.47. The highest BCUT2D eigenvalue weighted by Gasteiger charge is 2.28. The van der Waals surface area contributed by atoms with Gasteiger partial charge in [-0.25, -0.2) is 4.79 Å². The lowest BCUT2D eigenvalue weighted by Gasteiger charge is -2.30. The summed E-state index contributed by atoms with van der Waals surface area (Å²) < 4.78 is 16.4. The highest BCUT2D eigenvalue weighted by atomic mass is 35.5. The molecule has 2 aromatic rings. The van der Waals surface area contributed by atoms with Crippen molar-refractivity contribution in [1.29, 1.82) is 0 Å². The van der Waals surface area contributed by atoms with Crippen LogP contribution in [0.3, 0.4) is 0 Å². The number of nitrogens with zero attached hydrogens (tertiary/aromatic N) is 1. The van der Waals surface area contributed by atoms with Crippen LogP contribution in [0.2, 0.25) is 5.02 Å². The summed E-state index contributed by atoms with van der Waals surface area (Å²) in [5.74, 6) is -0.380. The lowest BCUT2D eigenvalue weighted by molar-refractivity contribution is -0.121. The minimum Gasteiger partial charge on any atom is -0.444 e. The zero-order valence-electron chi connectivity index (χ0n) is 16.7. The largest absolute Gasteiger partial charge is 0.444 e. The van der Waals surface area contributed by atoms with Gasteiger partial charge in [0.15, 0.2) is 0 Å². The molecule has 1 fully saturated rings. The smallest absolute Gasteiger partial charge is 0.410 e. The maximum atomic E-state index is 12.5. The molecule has 1 aliphatic heterocycles. The zero-order valence-corrected chi connectivity index (χ0v) is 18.4.